The highest BCUT2D eigenvalue weighted by Gasteiger charge is 2.06. The molecule has 16 heavy (non-hydrogen) atoms. The van der Waals surface area contributed by atoms with Crippen molar-refractivity contribution in [2.24, 2.45) is 0 Å². The summed E-state index contributed by atoms with van der Waals surface area (Å²) < 4.78 is 17.9. The number of methoxy groups -OCH3 is 1. The van der Waals surface area contributed by atoms with Gasteiger partial charge in [-0.2, -0.15) is 0 Å². The molecule has 1 atom stereocenters. The number of ether oxygens (including phenoxy) is 1. The van der Waals surface area contributed by atoms with Crippen LogP contribution in [0.15, 0.2) is 24.3 Å². The van der Waals surface area contributed by atoms with Gasteiger partial charge in [0, 0.05) is 26.3 Å². The maximum absolute atomic E-state index is 12.9. The van der Waals surface area contributed by atoms with Gasteiger partial charge < -0.3 is 15.2 Å². The molecular weight excluding hydrogens is 209 g/mol. The zero-order chi connectivity index (χ0) is 11.8. The van der Waals surface area contributed by atoms with Gasteiger partial charge in [0.15, 0.2) is 0 Å². The molecule has 1 aromatic carbocycles. The van der Waals surface area contributed by atoms with Crippen molar-refractivity contribution in [3.63, 3.8) is 0 Å². The van der Waals surface area contributed by atoms with Crippen molar-refractivity contribution in [3.8, 4) is 0 Å². The van der Waals surface area contributed by atoms with Crippen LogP contribution in [0.3, 0.4) is 0 Å². The second kappa shape index (κ2) is 7.33. The van der Waals surface area contributed by atoms with E-state index >= 15 is 0 Å². The highest BCUT2D eigenvalue weighted by Crippen LogP contribution is 2.04. The Labute approximate surface area is 95.2 Å². The van der Waals surface area contributed by atoms with Gasteiger partial charge in [-0.25, -0.2) is 4.39 Å². The lowest BCUT2D eigenvalue weighted by Gasteiger charge is -2.16. The van der Waals surface area contributed by atoms with Crippen molar-refractivity contribution < 1.29 is 14.2 Å². The maximum Gasteiger partial charge on any atom is 0.123 e. The molecule has 1 unspecified atom stereocenters. The van der Waals surface area contributed by atoms with Crippen LogP contribution in [-0.4, -0.2) is 31.5 Å². The molecule has 1 rings (SSSR count). The Bertz CT molecular complexity index is 301. The number of hydrogen-bond acceptors (Lipinski definition) is 3. The van der Waals surface area contributed by atoms with Gasteiger partial charge in [0.1, 0.15) is 5.82 Å². The number of aliphatic hydroxyl groups excluding tert-OH is 1. The van der Waals surface area contributed by atoms with Gasteiger partial charge in [-0.05, 0) is 24.1 Å². The van der Waals surface area contributed by atoms with E-state index in [1.165, 1.54) is 12.1 Å². The Morgan fingerprint density at radius 1 is 1.50 bits per heavy atom. The Balaban J connectivity index is 2.41. The Hall–Kier alpha value is -0.970. The first-order valence-corrected chi connectivity index (χ1v) is 5.34. The van der Waals surface area contributed by atoms with Crippen LogP contribution in [0.4, 0.5) is 4.39 Å². The Morgan fingerprint density at radius 3 is 2.94 bits per heavy atom. The number of hydrogen-bond donors (Lipinski definition) is 2. The van der Waals surface area contributed by atoms with E-state index in [4.69, 9.17) is 9.84 Å². The number of benzene rings is 1. The summed E-state index contributed by atoms with van der Waals surface area (Å²) in [7, 11) is 1.62. The standard InChI is InChI=1S/C12H18FNO2/c1-16-9-12(5-6-15)14-8-10-3-2-4-11(13)7-10/h2-4,7,12,14-15H,5-6,8-9H2,1H3. The molecule has 0 bridgehead atoms. The van der Waals surface area contributed by atoms with E-state index in [9.17, 15) is 4.39 Å². The average molecular weight is 227 g/mol. The fraction of sp³-hybridized carbons (Fsp3) is 0.500. The molecule has 0 aliphatic heterocycles. The molecule has 3 nitrogen and oxygen atoms in total. The quantitative estimate of drug-likeness (QED) is 0.738. The largest absolute Gasteiger partial charge is 0.396 e. The summed E-state index contributed by atoms with van der Waals surface area (Å²) in [5, 5.41) is 12.1. The molecule has 0 aliphatic rings. The van der Waals surface area contributed by atoms with Crippen LogP contribution in [0, 0.1) is 5.82 Å². The van der Waals surface area contributed by atoms with Gasteiger partial charge in [-0.3, -0.25) is 0 Å². The minimum atomic E-state index is -0.232. The van der Waals surface area contributed by atoms with Crippen LogP contribution >= 0.6 is 0 Å². The van der Waals surface area contributed by atoms with Gasteiger partial charge in [0.25, 0.3) is 0 Å². The number of halogens is 1. The number of rotatable bonds is 7. The monoisotopic (exact) mass is 227 g/mol. The SMILES string of the molecule is COCC(CCO)NCc1cccc(F)c1. The third-order valence-electron chi connectivity index (χ3n) is 2.33. The minimum absolute atomic E-state index is 0.0956. The van der Waals surface area contributed by atoms with Crippen molar-refractivity contribution in [1.29, 1.82) is 0 Å². The van der Waals surface area contributed by atoms with Gasteiger partial charge in [-0.1, -0.05) is 12.1 Å². The lowest BCUT2D eigenvalue weighted by Crippen LogP contribution is -2.33. The van der Waals surface area contributed by atoms with E-state index in [0.717, 1.165) is 5.56 Å². The summed E-state index contributed by atoms with van der Waals surface area (Å²) in [4.78, 5) is 0. The van der Waals surface area contributed by atoms with Crippen molar-refractivity contribution >= 4 is 0 Å². The molecule has 0 aromatic heterocycles. The van der Waals surface area contributed by atoms with Crippen molar-refractivity contribution in [2.45, 2.75) is 19.0 Å². The first-order chi connectivity index (χ1) is 7.76. The topological polar surface area (TPSA) is 41.5 Å². The second-order valence-corrected chi connectivity index (χ2v) is 3.68. The second-order valence-electron chi connectivity index (χ2n) is 3.68. The van der Waals surface area contributed by atoms with Crippen LogP contribution < -0.4 is 5.32 Å². The lowest BCUT2D eigenvalue weighted by atomic mass is 10.2. The molecule has 0 saturated carbocycles. The predicted octanol–water partition coefficient (Wildman–Crippen LogP) is 1.31. The average Bonchev–Trinajstić information content (AvgIpc) is 2.27. The predicted molar refractivity (Wildman–Crippen MR) is 60.6 cm³/mol. The summed E-state index contributed by atoms with van der Waals surface area (Å²) in [6.07, 6.45) is 0.628. The molecular formula is C12H18FNO2. The molecule has 0 heterocycles. The zero-order valence-electron chi connectivity index (χ0n) is 9.45. The molecule has 0 aliphatic carbocycles. The van der Waals surface area contributed by atoms with Gasteiger partial charge >= 0.3 is 0 Å². The van der Waals surface area contributed by atoms with Crippen molar-refractivity contribution in [2.75, 3.05) is 20.3 Å². The normalized spacial score (nSPS) is 12.7. The summed E-state index contributed by atoms with van der Waals surface area (Å²) in [5.41, 5.74) is 0.888. The van der Waals surface area contributed by atoms with E-state index in [2.05, 4.69) is 5.32 Å². The van der Waals surface area contributed by atoms with Crippen LogP contribution in [0.1, 0.15) is 12.0 Å². The number of nitrogens with one attached hydrogen (secondary N) is 1. The molecule has 4 heteroatoms. The molecule has 0 saturated heterocycles. The molecule has 2 N–H and O–H groups in total. The molecule has 1 aromatic rings. The van der Waals surface area contributed by atoms with E-state index in [0.29, 0.717) is 19.6 Å². The van der Waals surface area contributed by atoms with E-state index in [1.54, 1.807) is 13.2 Å². The van der Waals surface area contributed by atoms with Crippen LogP contribution in [-0.2, 0) is 11.3 Å². The summed E-state index contributed by atoms with van der Waals surface area (Å²) >= 11 is 0. The van der Waals surface area contributed by atoms with Gasteiger partial charge in [0.2, 0.25) is 0 Å². The minimum Gasteiger partial charge on any atom is -0.396 e. The lowest BCUT2D eigenvalue weighted by molar-refractivity contribution is 0.148. The zero-order valence-corrected chi connectivity index (χ0v) is 9.45. The first-order valence-electron chi connectivity index (χ1n) is 5.34. The first kappa shape index (κ1) is 13.1. The highest BCUT2D eigenvalue weighted by atomic mass is 19.1. The van der Waals surface area contributed by atoms with E-state index in [-0.39, 0.29) is 18.5 Å². The maximum atomic E-state index is 12.9. The van der Waals surface area contributed by atoms with Crippen molar-refractivity contribution in [1.82, 2.24) is 5.32 Å². The summed E-state index contributed by atoms with van der Waals surface area (Å²) in [5.74, 6) is -0.232. The van der Waals surface area contributed by atoms with Crippen LogP contribution in [0.25, 0.3) is 0 Å². The molecule has 90 valence electrons. The van der Waals surface area contributed by atoms with Gasteiger partial charge in [-0.15, -0.1) is 0 Å². The van der Waals surface area contributed by atoms with E-state index in [1.807, 2.05) is 6.07 Å². The van der Waals surface area contributed by atoms with Crippen LogP contribution in [0.5, 0.6) is 0 Å². The molecule has 0 spiro atoms. The fourth-order valence-corrected chi connectivity index (χ4v) is 1.51. The molecule has 0 radical (unpaired) electrons. The summed E-state index contributed by atoms with van der Waals surface area (Å²) in [6, 6.07) is 6.56. The summed E-state index contributed by atoms with van der Waals surface area (Å²) in [6.45, 7) is 1.23. The Kier molecular flexibility index (Phi) is 6.00. The number of aliphatic hydroxyl groups is 1. The fourth-order valence-electron chi connectivity index (χ4n) is 1.51. The third-order valence-corrected chi connectivity index (χ3v) is 2.33. The third kappa shape index (κ3) is 4.70. The smallest absolute Gasteiger partial charge is 0.123 e. The molecule has 0 amide bonds. The van der Waals surface area contributed by atoms with E-state index < -0.39 is 0 Å². The highest BCUT2D eigenvalue weighted by molar-refractivity contribution is 5.16. The van der Waals surface area contributed by atoms with Gasteiger partial charge in [0.05, 0.1) is 6.61 Å². The molecule has 0 fully saturated rings. The van der Waals surface area contributed by atoms with Crippen molar-refractivity contribution in [3.05, 3.63) is 35.6 Å². The Morgan fingerprint density at radius 2 is 2.31 bits per heavy atom. The van der Waals surface area contributed by atoms with Crippen LogP contribution in [0.2, 0.25) is 0 Å².